The molecule has 0 atom stereocenters. The molecule has 36 heavy (non-hydrogen) atoms. The van der Waals surface area contributed by atoms with E-state index in [1.807, 2.05) is 0 Å². The Morgan fingerprint density at radius 1 is 1.08 bits per heavy atom. The van der Waals surface area contributed by atoms with Crippen molar-refractivity contribution in [3.8, 4) is 5.75 Å². The highest BCUT2D eigenvalue weighted by molar-refractivity contribution is 14.1. The maximum atomic E-state index is 14.3. The molecule has 4 rings (SSSR count). The number of halogens is 3. The molecule has 2 amide bonds. The maximum absolute atomic E-state index is 14.3. The first-order chi connectivity index (χ1) is 17.2. The Balaban J connectivity index is 1.58. The van der Waals surface area contributed by atoms with Crippen molar-refractivity contribution in [1.82, 2.24) is 5.32 Å². The molecule has 0 radical (unpaired) electrons. The SMILES string of the molecule is O=C1NC(=S)N(c2ccccc2F)C(=O)/C1=C/c1cc(I)c(OCc2ccc([N+](=O)[O-])cc2)c(I)c1. The molecule has 3 aromatic rings. The fraction of sp³-hybridized carbons (Fsp3) is 0.0417. The van der Waals surface area contributed by atoms with Crippen LogP contribution in [0.1, 0.15) is 11.1 Å². The number of carbonyl (C=O) groups is 2. The lowest BCUT2D eigenvalue weighted by molar-refractivity contribution is -0.384. The zero-order valence-corrected chi connectivity index (χ0v) is 23.2. The Bertz CT molecular complexity index is 1420. The van der Waals surface area contributed by atoms with E-state index in [0.29, 0.717) is 11.3 Å². The van der Waals surface area contributed by atoms with Gasteiger partial charge in [-0.15, -0.1) is 0 Å². The van der Waals surface area contributed by atoms with Crippen LogP contribution in [0, 0.1) is 23.1 Å². The summed E-state index contributed by atoms with van der Waals surface area (Å²) in [5, 5.41) is 13.0. The van der Waals surface area contributed by atoms with E-state index in [9.17, 15) is 24.1 Å². The van der Waals surface area contributed by atoms with Gasteiger partial charge in [0.25, 0.3) is 17.5 Å². The molecule has 182 valence electrons. The molecule has 1 aliphatic rings. The van der Waals surface area contributed by atoms with Crippen molar-refractivity contribution in [3.63, 3.8) is 0 Å². The molecule has 12 heteroatoms. The van der Waals surface area contributed by atoms with E-state index in [-0.39, 0.29) is 28.7 Å². The van der Waals surface area contributed by atoms with Crippen LogP contribution < -0.4 is 15.0 Å². The number of amides is 2. The van der Waals surface area contributed by atoms with E-state index >= 15 is 0 Å². The smallest absolute Gasteiger partial charge is 0.270 e. The molecule has 1 heterocycles. The van der Waals surface area contributed by atoms with Crippen molar-refractivity contribution in [2.24, 2.45) is 0 Å². The van der Waals surface area contributed by atoms with Crippen molar-refractivity contribution in [2.75, 3.05) is 4.90 Å². The highest BCUT2D eigenvalue weighted by Gasteiger charge is 2.35. The van der Waals surface area contributed by atoms with Crippen LogP contribution in [-0.4, -0.2) is 21.9 Å². The van der Waals surface area contributed by atoms with E-state index in [4.69, 9.17) is 17.0 Å². The van der Waals surface area contributed by atoms with Crippen molar-refractivity contribution in [3.05, 3.63) is 100 Å². The summed E-state index contributed by atoms with van der Waals surface area (Å²) < 4.78 is 21.7. The molecule has 0 aromatic heterocycles. The summed E-state index contributed by atoms with van der Waals surface area (Å²) in [7, 11) is 0. The third-order valence-electron chi connectivity index (χ3n) is 5.06. The van der Waals surface area contributed by atoms with E-state index < -0.39 is 22.6 Å². The molecule has 0 aliphatic carbocycles. The molecular weight excluding hydrogens is 715 g/mol. The van der Waals surface area contributed by atoms with Gasteiger partial charge in [0.1, 0.15) is 23.7 Å². The van der Waals surface area contributed by atoms with Crippen LogP contribution in [0.4, 0.5) is 15.8 Å². The zero-order chi connectivity index (χ0) is 26.0. The summed E-state index contributed by atoms with van der Waals surface area (Å²) in [5.74, 6) is -1.48. The van der Waals surface area contributed by atoms with E-state index in [1.165, 1.54) is 36.4 Å². The zero-order valence-electron chi connectivity index (χ0n) is 18.0. The van der Waals surface area contributed by atoms with Crippen LogP contribution in [0.2, 0.25) is 0 Å². The molecule has 1 saturated heterocycles. The van der Waals surface area contributed by atoms with Gasteiger partial charge in [-0.25, -0.2) is 9.29 Å². The summed E-state index contributed by atoms with van der Waals surface area (Å²) in [4.78, 5) is 37.0. The van der Waals surface area contributed by atoms with Crippen LogP contribution in [0.25, 0.3) is 6.08 Å². The second kappa shape index (κ2) is 11.0. The van der Waals surface area contributed by atoms with Gasteiger partial charge in [0, 0.05) is 12.1 Å². The Morgan fingerprint density at radius 2 is 1.72 bits per heavy atom. The quantitative estimate of drug-likeness (QED) is 0.0918. The molecule has 0 unspecified atom stereocenters. The number of rotatable bonds is 6. The number of ether oxygens (including phenoxy) is 1. The van der Waals surface area contributed by atoms with Gasteiger partial charge in [-0.1, -0.05) is 12.1 Å². The number of hydrogen-bond donors (Lipinski definition) is 1. The number of anilines is 1. The minimum atomic E-state index is -0.739. The van der Waals surface area contributed by atoms with Crippen LogP contribution in [0.15, 0.2) is 66.2 Å². The van der Waals surface area contributed by atoms with Crippen LogP contribution >= 0.6 is 57.4 Å². The first-order valence-electron chi connectivity index (χ1n) is 10.2. The van der Waals surface area contributed by atoms with Gasteiger partial charge in [-0.3, -0.25) is 25.0 Å². The molecule has 0 saturated carbocycles. The molecule has 0 bridgehead atoms. The van der Waals surface area contributed by atoms with Crippen LogP contribution in [0.5, 0.6) is 5.75 Å². The molecule has 1 aliphatic heterocycles. The average Bonchev–Trinajstić information content (AvgIpc) is 2.82. The summed E-state index contributed by atoms with van der Waals surface area (Å²) in [6, 6.07) is 15.2. The predicted molar refractivity (Wildman–Crippen MR) is 152 cm³/mol. The fourth-order valence-electron chi connectivity index (χ4n) is 3.35. The van der Waals surface area contributed by atoms with Crippen LogP contribution in [-0.2, 0) is 16.2 Å². The summed E-state index contributed by atoms with van der Waals surface area (Å²) in [5.41, 5.74) is 1.06. The van der Waals surface area contributed by atoms with Gasteiger partial charge in [0.05, 0.1) is 17.8 Å². The minimum absolute atomic E-state index is 0.00377. The Labute approximate surface area is 236 Å². The Hall–Kier alpha value is -2.98. The van der Waals surface area contributed by atoms with Crippen LogP contribution in [0.3, 0.4) is 0 Å². The Kier molecular flexibility index (Phi) is 7.94. The monoisotopic (exact) mass is 729 g/mol. The number of benzene rings is 3. The van der Waals surface area contributed by atoms with E-state index in [2.05, 4.69) is 50.5 Å². The van der Waals surface area contributed by atoms with Gasteiger partial charge in [-0.2, -0.15) is 0 Å². The largest absolute Gasteiger partial charge is 0.487 e. The number of nitro benzene ring substituents is 1. The molecule has 8 nitrogen and oxygen atoms in total. The number of nitrogens with one attached hydrogen (secondary N) is 1. The van der Waals surface area contributed by atoms with E-state index in [1.54, 1.807) is 30.3 Å². The van der Waals surface area contributed by atoms with E-state index in [0.717, 1.165) is 17.6 Å². The number of para-hydroxylation sites is 1. The van der Waals surface area contributed by atoms with Gasteiger partial charge in [0.15, 0.2) is 5.11 Å². The molecule has 1 N–H and O–H groups in total. The number of thiocarbonyl (C=S) groups is 1. The van der Waals surface area contributed by atoms with Crippen molar-refractivity contribution in [2.45, 2.75) is 6.61 Å². The molecule has 1 fully saturated rings. The lowest BCUT2D eigenvalue weighted by atomic mass is 10.1. The minimum Gasteiger partial charge on any atom is -0.487 e. The third-order valence-corrected chi connectivity index (χ3v) is 6.94. The fourth-order valence-corrected chi connectivity index (χ4v) is 5.75. The van der Waals surface area contributed by atoms with Crippen molar-refractivity contribution >= 4 is 91.8 Å². The van der Waals surface area contributed by atoms with Gasteiger partial charge in [-0.05, 0) is 111 Å². The normalized spacial score (nSPS) is 14.7. The molecule has 3 aromatic carbocycles. The number of non-ortho nitro benzene ring substituents is 1. The van der Waals surface area contributed by atoms with Gasteiger partial charge < -0.3 is 4.74 Å². The maximum Gasteiger partial charge on any atom is 0.270 e. The predicted octanol–water partition coefficient (Wildman–Crippen LogP) is 5.35. The first-order valence-corrected chi connectivity index (χ1v) is 12.7. The summed E-state index contributed by atoms with van der Waals surface area (Å²) in [6.07, 6.45) is 1.41. The number of nitro groups is 1. The standard InChI is InChI=1S/C24H14FI2N3O5S/c25-17-3-1-2-4-20(17)29-23(32)16(22(31)28-24(29)36)9-14-10-18(26)21(19(27)11-14)35-12-13-5-7-15(8-6-13)30(33)34/h1-11H,12H2,(H,28,31,36)/b16-9+. The number of hydrogen-bond acceptors (Lipinski definition) is 6. The summed E-state index contributed by atoms with van der Waals surface area (Å²) >= 11 is 9.27. The lowest BCUT2D eigenvalue weighted by Gasteiger charge is -2.29. The molecule has 0 spiro atoms. The third kappa shape index (κ3) is 5.54. The van der Waals surface area contributed by atoms with Crippen molar-refractivity contribution < 1.29 is 23.6 Å². The number of nitrogens with zero attached hydrogens (tertiary/aromatic N) is 2. The number of carbonyl (C=O) groups excluding carboxylic acids is 2. The molecular formula is C24H14FI2N3O5S. The highest BCUT2D eigenvalue weighted by atomic mass is 127. The lowest BCUT2D eigenvalue weighted by Crippen LogP contribution is -2.54. The first kappa shape index (κ1) is 26.1. The van der Waals surface area contributed by atoms with Crippen molar-refractivity contribution in [1.29, 1.82) is 0 Å². The van der Waals surface area contributed by atoms with Gasteiger partial charge >= 0.3 is 0 Å². The Morgan fingerprint density at radius 3 is 2.33 bits per heavy atom. The summed E-state index contributed by atoms with van der Waals surface area (Å²) in [6.45, 7) is 0.195. The second-order valence-corrected chi connectivity index (χ2v) is 10.1. The topological polar surface area (TPSA) is 102 Å². The average molecular weight is 729 g/mol. The second-order valence-electron chi connectivity index (χ2n) is 7.44. The highest BCUT2D eigenvalue weighted by Crippen LogP contribution is 2.31. The van der Waals surface area contributed by atoms with Gasteiger partial charge in [0.2, 0.25) is 0 Å².